The molecular weight excluding hydrogens is 309 g/mol. The number of halogens is 2. The van der Waals surface area contributed by atoms with Crippen molar-refractivity contribution < 1.29 is 9.13 Å². The molecule has 0 aromatic heterocycles. The lowest BCUT2D eigenvalue weighted by atomic mass is 10.1. The lowest BCUT2D eigenvalue weighted by Crippen LogP contribution is -2.07. The number of hydrogen-bond acceptors (Lipinski definition) is 2. The molecule has 1 atom stereocenters. The van der Waals surface area contributed by atoms with E-state index in [2.05, 4.69) is 21.2 Å². The van der Waals surface area contributed by atoms with Gasteiger partial charge in [0.2, 0.25) is 0 Å². The van der Waals surface area contributed by atoms with Gasteiger partial charge >= 0.3 is 0 Å². The molecule has 2 rings (SSSR count). The average Bonchev–Trinajstić information content (AvgIpc) is 2.38. The monoisotopic (exact) mass is 323 g/mol. The number of ether oxygens (including phenoxy) is 1. The third-order valence-corrected chi connectivity index (χ3v) is 3.30. The Kier molecular flexibility index (Phi) is 4.43. The Hall–Kier alpha value is -1.55. The van der Waals surface area contributed by atoms with Crippen molar-refractivity contribution in [2.24, 2.45) is 0 Å². The van der Waals surface area contributed by atoms with Crippen LogP contribution in [0.5, 0.6) is 5.75 Å². The normalized spacial score (nSPS) is 12.0. The summed E-state index contributed by atoms with van der Waals surface area (Å²) in [6, 6.07) is 12.3. The van der Waals surface area contributed by atoms with Crippen molar-refractivity contribution in [2.45, 2.75) is 13.0 Å². The molecule has 2 aromatic carbocycles. The van der Waals surface area contributed by atoms with Crippen molar-refractivity contribution in [3.05, 3.63) is 58.3 Å². The van der Waals surface area contributed by atoms with Crippen LogP contribution in [0.2, 0.25) is 0 Å². The molecule has 0 saturated carbocycles. The van der Waals surface area contributed by atoms with Crippen LogP contribution in [-0.2, 0) is 0 Å². The number of anilines is 1. The number of rotatable bonds is 4. The number of benzene rings is 2. The summed E-state index contributed by atoms with van der Waals surface area (Å²) in [6.07, 6.45) is 0. The van der Waals surface area contributed by atoms with Crippen LogP contribution in [0.25, 0.3) is 0 Å². The molecule has 2 aromatic rings. The fourth-order valence-electron chi connectivity index (χ4n) is 1.87. The minimum atomic E-state index is -0.224. The predicted octanol–water partition coefficient (Wildman–Crippen LogP) is 4.77. The topological polar surface area (TPSA) is 21.3 Å². The molecule has 0 saturated heterocycles. The zero-order valence-electron chi connectivity index (χ0n) is 10.8. The lowest BCUT2D eigenvalue weighted by molar-refractivity contribution is 0.414. The highest BCUT2D eigenvalue weighted by molar-refractivity contribution is 9.10. The van der Waals surface area contributed by atoms with Gasteiger partial charge in [-0.15, -0.1) is 0 Å². The predicted molar refractivity (Wildman–Crippen MR) is 79.1 cm³/mol. The van der Waals surface area contributed by atoms with Crippen molar-refractivity contribution in [1.29, 1.82) is 0 Å². The van der Waals surface area contributed by atoms with E-state index in [-0.39, 0.29) is 11.9 Å². The van der Waals surface area contributed by atoms with E-state index in [1.54, 1.807) is 13.2 Å². The summed E-state index contributed by atoms with van der Waals surface area (Å²) in [6.45, 7) is 1.99. The fraction of sp³-hybridized carbons (Fsp3) is 0.200. The van der Waals surface area contributed by atoms with E-state index >= 15 is 0 Å². The highest BCUT2D eigenvalue weighted by Crippen LogP contribution is 2.27. The molecule has 1 unspecified atom stereocenters. The molecule has 2 nitrogen and oxygen atoms in total. The highest BCUT2D eigenvalue weighted by Gasteiger charge is 2.07. The van der Waals surface area contributed by atoms with Gasteiger partial charge in [0.25, 0.3) is 0 Å². The molecule has 0 amide bonds. The number of nitrogens with one attached hydrogen (secondary N) is 1. The van der Waals surface area contributed by atoms with Gasteiger partial charge in [-0.1, -0.05) is 28.1 Å². The van der Waals surface area contributed by atoms with Gasteiger partial charge in [0.1, 0.15) is 11.6 Å². The SMILES string of the molecule is COc1cc(Br)cc(NC(C)c2cccc(F)c2)c1. The van der Waals surface area contributed by atoms with Crippen LogP contribution in [0.3, 0.4) is 0 Å². The number of methoxy groups -OCH3 is 1. The van der Waals surface area contributed by atoms with Crippen LogP contribution in [0.4, 0.5) is 10.1 Å². The molecule has 4 heteroatoms. The van der Waals surface area contributed by atoms with E-state index < -0.39 is 0 Å². The molecule has 100 valence electrons. The van der Waals surface area contributed by atoms with E-state index in [0.717, 1.165) is 21.5 Å². The van der Waals surface area contributed by atoms with Crippen LogP contribution in [0, 0.1) is 5.82 Å². The summed E-state index contributed by atoms with van der Waals surface area (Å²) in [5.41, 5.74) is 1.82. The molecule has 0 bridgehead atoms. The second kappa shape index (κ2) is 6.06. The van der Waals surface area contributed by atoms with Gasteiger partial charge in [-0.05, 0) is 36.8 Å². The first-order valence-corrected chi connectivity index (χ1v) is 6.74. The Morgan fingerprint density at radius 2 is 2.00 bits per heavy atom. The Bertz CT molecular complexity index is 574. The van der Waals surface area contributed by atoms with Crippen molar-refractivity contribution in [3.63, 3.8) is 0 Å². The Balaban J connectivity index is 2.18. The molecule has 0 spiro atoms. The van der Waals surface area contributed by atoms with Gasteiger partial charge in [-0.3, -0.25) is 0 Å². The average molecular weight is 324 g/mol. The first-order chi connectivity index (χ1) is 9.08. The quantitative estimate of drug-likeness (QED) is 0.875. The Morgan fingerprint density at radius 3 is 2.68 bits per heavy atom. The van der Waals surface area contributed by atoms with Gasteiger partial charge in [-0.25, -0.2) is 4.39 Å². The smallest absolute Gasteiger partial charge is 0.123 e. The Labute approximate surface area is 120 Å². The van der Waals surface area contributed by atoms with Gasteiger partial charge < -0.3 is 10.1 Å². The van der Waals surface area contributed by atoms with Gasteiger partial charge in [-0.2, -0.15) is 0 Å². The molecule has 1 N–H and O–H groups in total. The maximum absolute atomic E-state index is 13.2. The number of hydrogen-bond donors (Lipinski definition) is 1. The maximum atomic E-state index is 13.2. The minimum Gasteiger partial charge on any atom is -0.497 e. The molecule has 0 fully saturated rings. The zero-order valence-corrected chi connectivity index (χ0v) is 12.4. The molecular formula is C15H15BrFNO. The van der Waals surface area contributed by atoms with E-state index in [1.165, 1.54) is 12.1 Å². The van der Waals surface area contributed by atoms with Crippen molar-refractivity contribution in [2.75, 3.05) is 12.4 Å². The summed E-state index contributed by atoms with van der Waals surface area (Å²) in [5.74, 6) is 0.543. The first-order valence-electron chi connectivity index (χ1n) is 5.95. The highest BCUT2D eigenvalue weighted by atomic mass is 79.9. The summed E-state index contributed by atoms with van der Waals surface area (Å²) >= 11 is 3.43. The third kappa shape index (κ3) is 3.70. The van der Waals surface area contributed by atoms with E-state index in [9.17, 15) is 4.39 Å². The van der Waals surface area contributed by atoms with E-state index in [0.29, 0.717) is 0 Å². The molecule has 0 radical (unpaired) electrons. The first kappa shape index (κ1) is 13.9. The van der Waals surface area contributed by atoms with Crippen molar-refractivity contribution in [3.8, 4) is 5.75 Å². The van der Waals surface area contributed by atoms with Crippen LogP contribution >= 0.6 is 15.9 Å². The minimum absolute atomic E-state index is 0.00899. The van der Waals surface area contributed by atoms with Crippen molar-refractivity contribution >= 4 is 21.6 Å². The van der Waals surface area contributed by atoms with Gasteiger partial charge in [0.15, 0.2) is 0 Å². The molecule has 0 aliphatic rings. The second-order valence-corrected chi connectivity index (χ2v) is 5.22. The van der Waals surface area contributed by atoms with E-state index in [4.69, 9.17) is 4.74 Å². The molecule has 0 aliphatic heterocycles. The van der Waals surface area contributed by atoms with Gasteiger partial charge in [0.05, 0.1) is 7.11 Å². The molecule has 0 aliphatic carbocycles. The third-order valence-electron chi connectivity index (χ3n) is 2.84. The van der Waals surface area contributed by atoms with Crippen LogP contribution in [0.1, 0.15) is 18.5 Å². The zero-order chi connectivity index (χ0) is 13.8. The second-order valence-electron chi connectivity index (χ2n) is 4.30. The molecule has 19 heavy (non-hydrogen) atoms. The maximum Gasteiger partial charge on any atom is 0.123 e. The standard InChI is InChI=1S/C15H15BrFNO/c1-10(11-4-3-5-13(17)6-11)18-14-7-12(16)8-15(9-14)19-2/h3-10,18H,1-2H3. The Morgan fingerprint density at radius 1 is 1.21 bits per heavy atom. The van der Waals surface area contributed by atoms with E-state index in [1.807, 2.05) is 31.2 Å². The fourth-order valence-corrected chi connectivity index (χ4v) is 2.35. The van der Waals surface area contributed by atoms with Gasteiger partial charge in [0, 0.05) is 22.3 Å². The van der Waals surface area contributed by atoms with Crippen LogP contribution in [-0.4, -0.2) is 7.11 Å². The van der Waals surface area contributed by atoms with Crippen LogP contribution in [0.15, 0.2) is 46.9 Å². The summed E-state index contributed by atoms with van der Waals surface area (Å²) < 4.78 is 19.3. The summed E-state index contributed by atoms with van der Waals surface area (Å²) in [5, 5.41) is 3.32. The summed E-state index contributed by atoms with van der Waals surface area (Å²) in [7, 11) is 1.63. The lowest BCUT2D eigenvalue weighted by Gasteiger charge is -2.16. The molecule has 0 heterocycles. The van der Waals surface area contributed by atoms with Crippen molar-refractivity contribution in [1.82, 2.24) is 0 Å². The largest absolute Gasteiger partial charge is 0.497 e. The van der Waals surface area contributed by atoms with Crippen LogP contribution < -0.4 is 10.1 Å². The summed E-state index contributed by atoms with van der Waals surface area (Å²) in [4.78, 5) is 0.